The second kappa shape index (κ2) is 6.70. The lowest BCUT2D eigenvalue weighted by Crippen LogP contribution is -2.34. The number of nitrogens with zero attached hydrogens (tertiary/aromatic N) is 1. The van der Waals surface area contributed by atoms with Crippen molar-refractivity contribution in [2.75, 3.05) is 19.7 Å². The molecule has 0 aliphatic carbocycles. The van der Waals surface area contributed by atoms with Crippen LogP contribution in [0.4, 0.5) is 4.79 Å². The summed E-state index contributed by atoms with van der Waals surface area (Å²) in [5.74, 6) is 0. The van der Waals surface area contributed by atoms with Crippen LogP contribution in [0.1, 0.15) is 47.5 Å². The Kier molecular flexibility index (Phi) is 6.37. The van der Waals surface area contributed by atoms with Gasteiger partial charge in [0.15, 0.2) is 0 Å². The highest BCUT2D eigenvalue weighted by Crippen LogP contribution is 2.18. The fourth-order valence-corrected chi connectivity index (χ4v) is 1.13. The zero-order valence-electron chi connectivity index (χ0n) is 10.8. The monoisotopic (exact) mass is 215 g/mol. The van der Waals surface area contributed by atoms with E-state index in [1.54, 1.807) is 4.90 Å². The summed E-state index contributed by atoms with van der Waals surface area (Å²) in [5, 5.41) is 0. The van der Waals surface area contributed by atoms with Crippen LogP contribution in [-0.4, -0.2) is 30.7 Å². The molecule has 3 heteroatoms. The topological polar surface area (TPSA) is 29.5 Å². The van der Waals surface area contributed by atoms with E-state index >= 15 is 0 Å². The van der Waals surface area contributed by atoms with Crippen LogP contribution in [0.25, 0.3) is 0 Å². The second-order valence-electron chi connectivity index (χ2n) is 5.00. The molecule has 15 heavy (non-hydrogen) atoms. The second-order valence-corrected chi connectivity index (χ2v) is 5.00. The highest BCUT2D eigenvalue weighted by atomic mass is 16.6. The van der Waals surface area contributed by atoms with Crippen LogP contribution >= 0.6 is 0 Å². The third-order valence-electron chi connectivity index (χ3n) is 2.20. The Balaban J connectivity index is 3.96. The standard InChI is InChI=1S/C12H25NO2/c1-6-10-15-11(14)13(7-2)9-8-12(3,4)5/h6-10H2,1-5H3. The zero-order chi connectivity index (χ0) is 11.9. The van der Waals surface area contributed by atoms with Crippen LogP contribution in [0.5, 0.6) is 0 Å². The van der Waals surface area contributed by atoms with Gasteiger partial charge in [-0.05, 0) is 25.2 Å². The highest BCUT2D eigenvalue weighted by Gasteiger charge is 2.16. The molecule has 0 aromatic carbocycles. The molecule has 0 atom stereocenters. The maximum Gasteiger partial charge on any atom is 0.409 e. The van der Waals surface area contributed by atoms with E-state index in [-0.39, 0.29) is 11.5 Å². The zero-order valence-corrected chi connectivity index (χ0v) is 10.8. The summed E-state index contributed by atoms with van der Waals surface area (Å²) in [5.41, 5.74) is 0.262. The van der Waals surface area contributed by atoms with Crippen molar-refractivity contribution >= 4 is 6.09 Å². The molecule has 3 nitrogen and oxygen atoms in total. The van der Waals surface area contributed by atoms with Crippen molar-refractivity contribution in [1.82, 2.24) is 4.90 Å². The normalized spacial score (nSPS) is 11.3. The molecule has 0 saturated carbocycles. The van der Waals surface area contributed by atoms with Crippen LogP contribution in [-0.2, 0) is 4.74 Å². The van der Waals surface area contributed by atoms with Gasteiger partial charge < -0.3 is 9.64 Å². The van der Waals surface area contributed by atoms with Gasteiger partial charge in [0.2, 0.25) is 0 Å². The molecule has 0 saturated heterocycles. The number of rotatable bonds is 5. The molecule has 0 unspecified atom stereocenters. The molecule has 0 rings (SSSR count). The predicted molar refractivity (Wildman–Crippen MR) is 63.0 cm³/mol. The summed E-state index contributed by atoms with van der Waals surface area (Å²) in [6.07, 6.45) is 1.70. The minimum Gasteiger partial charge on any atom is -0.449 e. The largest absolute Gasteiger partial charge is 0.449 e. The first-order valence-electron chi connectivity index (χ1n) is 5.82. The average Bonchev–Trinajstić information content (AvgIpc) is 2.13. The lowest BCUT2D eigenvalue weighted by atomic mass is 9.92. The van der Waals surface area contributed by atoms with E-state index in [1.165, 1.54) is 0 Å². The van der Waals surface area contributed by atoms with Crippen molar-refractivity contribution in [1.29, 1.82) is 0 Å². The molecule has 0 spiro atoms. The molecule has 0 N–H and O–H groups in total. The summed E-state index contributed by atoms with van der Waals surface area (Å²) in [6.45, 7) is 12.5. The molecule has 0 heterocycles. The van der Waals surface area contributed by atoms with Crippen molar-refractivity contribution in [2.45, 2.75) is 47.5 Å². The van der Waals surface area contributed by atoms with Gasteiger partial charge in [0.05, 0.1) is 6.61 Å². The molecule has 0 radical (unpaired) electrons. The molecule has 0 aliphatic rings. The molecule has 0 aromatic heterocycles. The van der Waals surface area contributed by atoms with Gasteiger partial charge >= 0.3 is 6.09 Å². The Labute approximate surface area is 93.8 Å². The molecular weight excluding hydrogens is 190 g/mol. The minimum atomic E-state index is -0.177. The molecule has 0 fully saturated rings. The van der Waals surface area contributed by atoms with Crippen LogP contribution < -0.4 is 0 Å². The molecule has 0 bridgehead atoms. The molecular formula is C12H25NO2. The van der Waals surface area contributed by atoms with E-state index in [9.17, 15) is 4.79 Å². The Morgan fingerprint density at radius 2 is 1.87 bits per heavy atom. The Morgan fingerprint density at radius 1 is 1.27 bits per heavy atom. The molecule has 90 valence electrons. The highest BCUT2D eigenvalue weighted by molar-refractivity contribution is 5.67. The number of hydrogen-bond donors (Lipinski definition) is 0. The number of carbonyl (C=O) groups excluding carboxylic acids is 1. The minimum absolute atomic E-state index is 0.177. The maximum atomic E-state index is 11.6. The number of ether oxygens (including phenoxy) is 1. The van der Waals surface area contributed by atoms with Gasteiger partial charge in [-0.1, -0.05) is 27.7 Å². The van der Waals surface area contributed by atoms with Crippen LogP contribution in [0.2, 0.25) is 0 Å². The van der Waals surface area contributed by atoms with E-state index in [4.69, 9.17) is 4.74 Å². The van der Waals surface area contributed by atoms with Crippen molar-refractivity contribution in [3.63, 3.8) is 0 Å². The summed E-state index contributed by atoms with van der Waals surface area (Å²) in [4.78, 5) is 13.3. The third-order valence-corrected chi connectivity index (χ3v) is 2.20. The van der Waals surface area contributed by atoms with E-state index in [1.807, 2.05) is 13.8 Å². The SMILES string of the molecule is CCCOC(=O)N(CC)CCC(C)(C)C. The average molecular weight is 215 g/mol. The van der Waals surface area contributed by atoms with Crippen molar-refractivity contribution < 1.29 is 9.53 Å². The smallest absolute Gasteiger partial charge is 0.409 e. The van der Waals surface area contributed by atoms with E-state index < -0.39 is 0 Å². The number of carbonyl (C=O) groups is 1. The van der Waals surface area contributed by atoms with Gasteiger partial charge in [0.25, 0.3) is 0 Å². The summed E-state index contributed by atoms with van der Waals surface area (Å²) >= 11 is 0. The maximum absolute atomic E-state index is 11.6. The van der Waals surface area contributed by atoms with Gasteiger partial charge in [0.1, 0.15) is 0 Å². The van der Waals surface area contributed by atoms with Crippen molar-refractivity contribution in [2.24, 2.45) is 5.41 Å². The Morgan fingerprint density at radius 3 is 2.27 bits per heavy atom. The lowest BCUT2D eigenvalue weighted by molar-refractivity contribution is 0.1000. The van der Waals surface area contributed by atoms with Gasteiger partial charge in [-0.2, -0.15) is 0 Å². The molecule has 0 aliphatic heterocycles. The summed E-state index contributed by atoms with van der Waals surface area (Å²) < 4.78 is 5.10. The van der Waals surface area contributed by atoms with E-state index in [0.29, 0.717) is 6.61 Å². The Hall–Kier alpha value is -0.730. The first-order chi connectivity index (χ1) is 6.90. The van der Waals surface area contributed by atoms with E-state index in [2.05, 4.69) is 20.8 Å². The fourth-order valence-electron chi connectivity index (χ4n) is 1.13. The molecule has 0 aromatic rings. The van der Waals surface area contributed by atoms with Gasteiger partial charge in [-0.3, -0.25) is 0 Å². The van der Waals surface area contributed by atoms with E-state index in [0.717, 1.165) is 25.9 Å². The number of amides is 1. The van der Waals surface area contributed by atoms with Gasteiger partial charge in [-0.25, -0.2) is 4.79 Å². The van der Waals surface area contributed by atoms with Crippen LogP contribution in [0, 0.1) is 5.41 Å². The van der Waals surface area contributed by atoms with Crippen molar-refractivity contribution in [3.8, 4) is 0 Å². The van der Waals surface area contributed by atoms with Gasteiger partial charge in [-0.15, -0.1) is 0 Å². The fraction of sp³-hybridized carbons (Fsp3) is 0.917. The third kappa shape index (κ3) is 7.23. The summed E-state index contributed by atoms with van der Waals surface area (Å²) in [7, 11) is 0. The van der Waals surface area contributed by atoms with Crippen LogP contribution in [0.15, 0.2) is 0 Å². The lowest BCUT2D eigenvalue weighted by Gasteiger charge is -2.25. The quantitative estimate of drug-likeness (QED) is 0.704. The first kappa shape index (κ1) is 14.3. The predicted octanol–water partition coefficient (Wildman–Crippen LogP) is 3.29. The Bertz CT molecular complexity index is 185. The first-order valence-corrected chi connectivity index (χ1v) is 5.82. The molecule has 1 amide bonds. The van der Waals surface area contributed by atoms with Crippen LogP contribution in [0.3, 0.4) is 0 Å². The van der Waals surface area contributed by atoms with Crippen molar-refractivity contribution in [3.05, 3.63) is 0 Å². The number of hydrogen-bond acceptors (Lipinski definition) is 2. The van der Waals surface area contributed by atoms with Gasteiger partial charge in [0, 0.05) is 13.1 Å². The summed E-state index contributed by atoms with van der Waals surface area (Å²) in [6, 6.07) is 0.